The lowest BCUT2D eigenvalue weighted by Gasteiger charge is -2.17. The molecule has 0 fully saturated rings. The minimum absolute atomic E-state index is 0.0123. The number of carbonyl (C=O) groups is 3. The van der Waals surface area contributed by atoms with Gasteiger partial charge in [0.15, 0.2) is 11.5 Å². The number of hydrogen-bond acceptors (Lipinski definition) is 10. The summed E-state index contributed by atoms with van der Waals surface area (Å²) in [4.78, 5) is 45.6. The van der Waals surface area contributed by atoms with Crippen LogP contribution in [-0.2, 0) is 9.59 Å². The quantitative estimate of drug-likeness (QED) is 0.0790. The molecule has 1 heterocycles. The molecule has 5 aromatic rings. The molecule has 4 aromatic carbocycles. The van der Waals surface area contributed by atoms with Gasteiger partial charge in [-0.05, 0) is 65.4 Å². The molecular formula is C36H33N5O5S3. The molecule has 250 valence electrons. The third kappa shape index (κ3) is 9.72. The van der Waals surface area contributed by atoms with Gasteiger partial charge in [-0.3, -0.25) is 19.7 Å². The SMILES string of the molecule is CCSc1nsc(NC(=O)C(Sc2cccc(NC(=O)/C(=C\c3ccc(OC)c(OC)c3)NC(=O)c3ccccc3)c2)c2ccccc2)n1. The summed E-state index contributed by atoms with van der Waals surface area (Å²) in [6.07, 6.45) is 1.56. The number of methoxy groups -OCH3 is 2. The minimum Gasteiger partial charge on any atom is -0.493 e. The van der Waals surface area contributed by atoms with E-state index in [9.17, 15) is 14.4 Å². The molecule has 1 unspecified atom stereocenters. The van der Waals surface area contributed by atoms with E-state index in [4.69, 9.17) is 9.47 Å². The molecule has 10 nitrogen and oxygen atoms in total. The number of anilines is 2. The molecule has 0 radical (unpaired) electrons. The predicted molar refractivity (Wildman–Crippen MR) is 196 cm³/mol. The summed E-state index contributed by atoms with van der Waals surface area (Å²) >= 11 is 3.97. The number of hydrogen-bond donors (Lipinski definition) is 3. The van der Waals surface area contributed by atoms with Crippen molar-refractivity contribution in [3.05, 3.63) is 126 Å². The van der Waals surface area contributed by atoms with E-state index in [0.29, 0.717) is 38.6 Å². The molecule has 3 amide bonds. The number of thioether (sulfide) groups is 2. The van der Waals surface area contributed by atoms with Crippen molar-refractivity contribution < 1.29 is 23.9 Å². The van der Waals surface area contributed by atoms with Gasteiger partial charge < -0.3 is 20.1 Å². The van der Waals surface area contributed by atoms with Crippen LogP contribution < -0.4 is 25.4 Å². The van der Waals surface area contributed by atoms with E-state index in [1.807, 2.05) is 43.3 Å². The van der Waals surface area contributed by atoms with E-state index in [1.54, 1.807) is 72.8 Å². The topological polar surface area (TPSA) is 132 Å². The number of amides is 3. The summed E-state index contributed by atoms with van der Waals surface area (Å²) in [6, 6.07) is 30.4. The van der Waals surface area contributed by atoms with Crippen LogP contribution in [-0.4, -0.2) is 47.1 Å². The van der Waals surface area contributed by atoms with Crippen molar-refractivity contribution >= 4 is 69.7 Å². The van der Waals surface area contributed by atoms with Gasteiger partial charge in [-0.15, -0.1) is 11.8 Å². The molecule has 13 heteroatoms. The Labute approximate surface area is 296 Å². The van der Waals surface area contributed by atoms with Gasteiger partial charge in [0.25, 0.3) is 11.8 Å². The second-order valence-electron chi connectivity index (χ2n) is 10.2. The van der Waals surface area contributed by atoms with Crippen molar-refractivity contribution in [2.45, 2.75) is 22.2 Å². The number of nitrogens with zero attached hydrogens (tertiary/aromatic N) is 2. The number of carbonyl (C=O) groups excluding carboxylic acids is 3. The Morgan fingerprint density at radius 3 is 2.31 bits per heavy atom. The van der Waals surface area contributed by atoms with Crippen molar-refractivity contribution in [3.8, 4) is 11.5 Å². The molecule has 0 saturated carbocycles. The Morgan fingerprint density at radius 2 is 1.59 bits per heavy atom. The van der Waals surface area contributed by atoms with Crippen LogP contribution in [0, 0.1) is 0 Å². The molecule has 0 bridgehead atoms. The highest BCUT2D eigenvalue weighted by Gasteiger charge is 2.24. The van der Waals surface area contributed by atoms with Gasteiger partial charge in [0.05, 0.1) is 14.2 Å². The zero-order valence-electron chi connectivity index (χ0n) is 26.8. The number of ether oxygens (including phenoxy) is 2. The Balaban J connectivity index is 1.38. The normalized spacial score (nSPS) is 11.7. The highest BCUT2D eigenvalue weighted by molar-refractivity contribution is 8.00. The highest BCUT2D eigenvalue weighted by Crippen LogP contribution is 2.37. The van der Waals surface area contributed by atoms with Gasteiger partial charge in [-0.1, -0.05) is 79.3 Å². The molecule has 5 rings (SSSR count). The van der Waals surface area contributed by atoms with Crippen LogP contribution in [0.25, 0.3) is 6.08 Å². The Kier molecular flexibility index (Phi) is 12.5. The van der Waals surface area contributed by atoms with Crippen LogP contribution in [0.2, 0.25) is 0 Å². The highest BCUT2D eigenvalue weighted by atomic mass is 32.2. The van der Waals surface area contributed by atoms with Gasteiger partial charge >= 0.3 is 0 Å². The average molecular weight is 712 g/mol. The first-order valence-electron chi connectivity index (χ1n) is 15.1. The molecule has 1 aromatic heterocycles. The maximum atomic E-state index is 13.7. The van der Waals surface area contributed by atoms with Crippen molar-refractivity contribution in [3.63, 3.8) is 0 Å². The monoisotopic (exact) mass is 711 g/mol. The lowest BCUT2D eigenvalue weighted by Crippen LogP contribution is -2.30. The van der Waals surface area contributed by atoms with E-state index in [1.165, 1.54) is 37.7 Å². The Morgan fingerprint density at radius 1 is 0.857 bits per heavy atom. The zero-order valence-corrected chi connectivity index (χ0v) is 29.3. The van der Waals surface area contributed by atoms with Crippen molar-refractivity contribution in [1.82, 2.24) is 14.7 Å². The number of aromatic nitrogens is 2. The Bertz CT molecular complexity index is 1940. The van der Waals surface area contributed by atoms with E-state index in [2.05, 4.69) is 25.3 Å². The fraction of sp³-hybridized carbons (Fsp3) is 0.139. The van der Waals surface area contributed by atoms with E-state index in [0.717, 1.165) is 27.7 Å². The largest absolute Gasteiger partial charge is 0.493 e. The lowest BCUT2D eigenvalue weighted by molar-refractivity contribution is -0.116. The van der Waals surface area contributed by atoms with Crippen LogP contribution in [0.4, 0.5) is 10.8 Å². The summed E-state index contributed by atoms with van der Waals surface area (Å²) in [5.74, 6) is 0.582. The molecule has 3 N–H and O–H groups in total. The summed E-state index contributed by atoms with van der Waals surface area (Å²) in [6.45, 7) is 2.01. The minimum atomic E-state index is -0.621. The predicted octanol–water partition coefficient (Wildman–Crippen LogP) is 7.55. The molecule has 0 aliphatic heterocycles. The maximum absolute atomic E-state index is 13.7. The van der Waals surface area contributed by atoms with Crippen LogP contribution in [0.5, 0.6) is 11.5 Å². The van der Waals surface area contributed by atoms with E-state index < -0.39 is 17.1 Å². The summed E-state index contributed by atoms with van der Waals surface area (Å²) in [7, 11) is 3.06. The Hall–Kier alpha value is -5.11. The van der Waals surface area contributed by atoms with Crippen molar-refractivity contribution in [1.29, 1.82) is 0 Å². The average Bonchev–Trinajstić information content (AvgIpc) is 3.57. The molecule has 0 aliphatic carbocycles. The second kappa shape index (κ2) is 17.3. The van der Waals surface area contributed by atoms with Crippen LogP contribution in [0.15, 0.2) is 119 Å². The first kappa shape index (κ1) is 35.2. The van der Waals surface area contributed by atoms with Crippen LogP contribution in [0.1, 0.15) is 33.7 Å². The molecule has 0 saturated heterocycles. The smallest absolute Gasteiger partial charge is 0.272 e. The second-order valence-corrected chi connectivity index (χ2v) is 13.3. The van der Waals surface area contributed by atoms with Gasteiger partial charge in [0.1, 0.15) is 10.9 Å². The van der Waals surface area contributed by atoms with Gasteiger partial charge in [-0.25, -0.2) is 0 Å². The first-order valence-corrected chi connectivity index (χ1v) is 17.7. The molecule has 0 spiro atoms. The molecule has 49 heavy (non-hydrogen) atoms. The molecular weight excluding hydrogens is 679 g/mol. The molecule has 0 aliphatic rings. The van der Waals surface area contributed by atoms with Crippen molar-refractivity contribution in [2.24, 2.45) is 0 Å². The van der Waals surface area contributed by atoms with Crippen molar-refractivity contribution in [2.75, 3.05) is 30.6 Å². The van der Waals surface area contributed by atoms with Gasteiger partial charge in [0.2, 0.25) is 16.2 Å². The maximum Gasteiger partial charge on any atom is 0.272 e. The number of nitrogens with one attached hydrogen (secondary N) is 3. The van der Waals surface area contributed by atoms with Gasteiger partial charge in [-0.2, -0.15) is 9.36 Å². The lowest BCUT2D eigenvalue weighted by atomic mass is 10.1. The third-order valence-corrected chi connectivity index (χ3v) is 9.57. The van der Waals surface area contributed by atoms with Crippen LogP contribution in [0.3, 0.4) is 0 Å². The number of rotatable bonds is 14. The van der Waals surface area contributed by atoms with E-state index >= 15 is 0 Å². The van der Waals surface area contributed by atoms with E-state index in [-0.39, 0.29) is 11.6 Å². The fourth-order valence-corrected chi connectivity index (χ4v) is 6.91. The van der Waals surface area contributed by atoms with Crippen LogP contribution >= 0.6 is 35.1 Å². The van der Waals surface area contributed by atoms with Gasteiger partial charge in [0, 0.05) is 27.7 Å². The molecule has 1 atom stereocenters. The fourth-order valence-electron chi connectivity index (χ4n) is 4.55. The summed E-state index contributed by atoms with van der Waals surface area (Å²) in [5.41, 5.74) is 2.29. The summed E-state index contributed by atoms with van der Waals surface area (Å²) < 4.78 is 15.1. The zero-order chi connectivity index (χ0) is 34.6. The third-order valence-electron chi connectivity index (χ3n) is 6.84. The number of benzene rings is 4. The summed E-state index contributed by atoms with van der Waals surface area (Å²) in [5, 5.41) is 8.98. The standard InChI is InChI=1S/C36H33N5O5S3/c1-4-47-36-40-35(49-41-36)39-34(44)31(24-12-7-5-8-13-24)48-27-17-11-16-26(22-27)37-33(43)28(38-32(42)25-14-9-6-10-15-25)20-23-18-19-29(45-2)30(21-23)46-3/h5-22,31H,4H2,1-3H3,(H,37,43)(H,38,42)(H,39,40,41,44)/b28-20+. The first-order chi connectivity index (χ1) is 23.9.